The number of imidazole rings is 1. The van der Waals surface area contributed by atoms with Crippen molar-refractivity contribution in [1.29, 1.82) is 0 Å². The predicted octanol–water partition coefficient (Wildman–Crippen LogP) is 1.12. The van der Waals surface area contributed by atoms with Crippen molar-refractivity contribution in [3.8, 4) is 0 Å². The number of carbonyl (C=O) groups excluding carboxylic acids is 1. The Morgan fingerprint density at radius 2 is 2.00 bits per heavy atom. The van der Waals surface area contributed by atoms with Crippen LogP contribution >= 0.6 is 0 Å². The third-order valence-electron chi connectivity index (χ3n) is 5.55. The minimum absolute atomic E-state index is 0.0314. The summed E-state index contributed by atoms with van der Waals surface area (Å²) in [6.07, 6.45) is 3.42. The number of pyridine rings is 1. The molecule has 1 atom stereocenters. The number of ether oxygens (including phenoxy) is 2. The van der Waals surface area contributed by atoms with E-state index in [-0.39, 0.29) is 12.0 Å². The summed E-state index contributed by atoms with van der Waals surface area (Å²) in [7, 11) is 1.78. The first-order valence-corrected chi connectivity index (χ1v) is 9.90. The van der Waals surface area contributed by atoms with E-state index in [4.69, 9.17) is 14.5 Å². The second-order valence-corrected chi connectivity index (χ2v) is 7.33. The molecule has 0 radical (unpaired) electrons. The maximum atomic E-state index is 12.9. The van der Waals surface area contributed by atoms with Gasteiger partial charge in [-0.1, -0.05) is 6.07 Å². The van der Waals surface area contributed by atoms with Crippen molar-refractivity contribution in [2.24, 2.45) is 7.05 Å². The van der Waals surface area contributed by atoms with E-state index in [9.17, 15) is 4.79 Å². The van der Waals surface area contributed by atoms with E-state index in [0.29, 0.717) is 25.4 Å². The first-order chi connectivity index (χ1) is 14.2. The molecular formula is C20H24N6O3. The van der Waals surface area contributed by atoms with Gasteiger partial charge in [-0.25, -0.2) is 4.98 Å². The summed E-state index contributed by atoms with van der Waals surface area (Å²) in [6, 6.07) is 7.86. The third-order valence-corrected chi connectivity index (χ3v) is 5.55. The number of fused-ring (bicyclic) bond motifs is 1. The molecule has 0 aliphatic carbocycles. The molecule has 9 heteroatoms. The molecule has 2 fully saturated rings. The Morgan fingerprint density at radius 3 is 2.79 bits per heavy atom. The molecule has 0 spiro atoms. The van der Waals surface area contributed by atoms with Crippen LogP contribution in [-0.4, -0.2) is 76.0 Å². The lowest BCUT2D eigenvalue weighted by atomic mass is 10.2. The lowest BCUT2D eigenvalue weighted by Gasteiger charge is -2.32. The summed E-state index contributed by atoms with van der Waals surface area (Å²) >= 11 is 0. The van der Waals surface area contributed by atoms with Gasteiger partial charge in [-0.05, 0) is 18.2 Å². The van der Waals surface area contributed by atoms with Crippen molar-refractivity contribution in [3.05, 3.63) is 48.0 Å². The Hall–Kier alpha value is -2.91. The molecule has 0 saturated carbocycles. The number of morpholine rings is 2. The summed E-state index contributed by atoms with van der Waals surface area (Å²) in [5, 5.41) is 4.10. The van der Waals surface area contributed by atoms with Gasteiger partial charge in [0.15, 0.2) is 0 Å². The number of hydrogen-bond donors (Lipinski definition) is 0. The minimum Gasteiger partial charge on any atom is -0.378 e. The van der Waals surface area contributed by atoms with Crippen molar-refractivity contribution in [2.45, 2.75) is 6.10 Å². The molecule has 0 N–H and O–H groups in total. The molecule has 0 unspecified atom stereocenters. The van der Waals surface area contributed by atoms with Crippen molar-refractivity contribution >= 4 is 17.4 Å². The van der Waals surface area contributed by atoms with Gasteiger partial charge in [0.05, 0.1) is 32.1 Å². The van der Waals surface area contributed by atoms with Gasteiger partial charge < -0.3 is 19.3 Å². The second-order valence-electron chi connectivity index (χ2n) is 7.33. The van der Waals surface area contributed by atoms with E-state index in [1.165, 1.54) is 0 Å². The number of amides is 1. The molecule has 1 amide bonds. The number of aromatic nitrogens is 4. The van der Waals surface area contributed by atoms with E-state index >= 15 is 0 Å². The lowest BCUT2D eigenvalue weighted by Crippen LogP contribution is -2.43. The molecule has 29 heavy (non-hydrogen) atoms. The summed E-state index contributed by atoms with van der Waals surface area (Å²) in [4.78, 5) is 21.8. The Morgan fingerprint density at radius 1 is 1.14 bits per heavy atom. The van der Waals surface area contributed by atoms with Crippen LogP contribution in [0, 0.1) is 0 Å². The highest BCUT2D eigenvalue weighted by atomic mass is 16.5. The van der Waals surface area contributed by atoms with Gasteiger partial charge in [0.2, 0.25) is 0 Å². The SMILES string of the molecule is Cn1nccc1C(=O)N1CCO[C@H](c2cn3c(N4CCOCC4)cccc3n2)C1. The first-order valence-electron chi connectivity index (χ1n) is 9.90. The van der Waals surface area contributed by atoms with Crippen LogP contribution in [0.1, 0.15) is 22.3 Å². The van der Waals surface area contributed by atoms with Crippen molar-refractivity contribution in [2.75, 3.05) is 50.9 Å². The molecule has 2 aliphatic rings. The van der Waals surface area contributed by atoms with Gasteiger partial charge in [0, 0.05) is 39.1 Å². The van der Waals surface area contributed by atoms with E-state index < -0.39 is 0 Å². The van der Waals surface area contributed by atoms with Crippen LogP contribution in [0.4, 0.5) is 5.82 Å². The Bertz CT molecular complexity index is 1020. The summed E-state index contributed by atoms with van der Waals surface area (Å²) in [6.45, 7) is 4.70. The average Bonchev–Trinajstić information content (AvgIpc) is 3.40. The Labute approximate surface area is 168 Å². The highest BCUT2D eigenvalue weighted by molar-refractivity contribution is 5.92. The average molecular weight is 396 g/mol. The quantitative estimate of drug-likeness (QED) is 0.660. The minimum atomic E-state index is -0.252. The van der Waals surface area contributed by atoms with Crippen LogP contribution in [0.2, 0.25) is 0 Å². The van der Waals surface area contributed by atoms with Crippen LogP contribution in [0.5, 0.6) is 0 Å². The fraction of sp³-hybridized carbons (Fsp3) is 0.450. The lowest BCUT2D eigenvalue weighted by molar-refractivity contribution is -0.0248. The van der Waals surface area contributed by atoms with Gasteiger partial charge in [-0.3, -0.25) is 13.9 Å². The number of rotatable bonds is 3. The van der Waals surface area contributed by atoms with Crippen molar-refractivity contribution in [3.63, 3.8) is 0 Å². The number of carbonyl (C=O) groups is 1. The molecule has 2 aliphatic heterocycles. The third kappa shape index (κ3) is 3.36. The highest BCUT2D eigenvalue weighted by Gasteiger charge is 2.29. The van der Waals surface area contributed by atoms with E-state index in [1.54, 1.807) is 24.0 Å². The zero-order chi connectivity index (χ0) is 19.8. The van der Waals surface area contributed by atoms with Gasteiger partial charge >= 0.3 is 0 Å². The molecule has 5 rings (SSSR count). The molecule has 2 saturated heterocycles. The fourth-order valence-corrected chi connectivity index (χ4v) is 3.98. The van der Waals surface area contributed by atoms with E-state index in [2.05, 4.69) is 20.5 Å². The van der Waals surface area contributed by atoms with Crippen LogP contribution in [0.15, 0.2) is 36.7 Å². The number of hydrogen-bond acceptors (Lipinski definition) is 6. The standard InChI is InChI=1S/C20H24N6O3/c1-23-16(5-6-21-23)20(27)25-9-12-29-17(14-25)15-13-26-18(22-15)3-2-4-19(26)24-7-10-28-11-8-24/h2-6,13,17H,7-12,14H2,1H3/t17-/m0/s1. The van der Waals surface area contributed by atoms with Crippen molar-refractivity contribution < 1.29 is 14.3 Å². The molecule has 3 aromatic heterocycles. The molecule has 152 valence electrons. The molecule has 3 aromatic rings. The molecule has 5 heterocycles. The molecular weight excluding hydrogens is 372 g/mol. The number of nitrogens with zero attached hydrogens (tertiary/aromatic N) is 6. The zero-order valence-corrected chi connectivity index (χ0v) is 16.4. The number of anilines is 1. The maximum absolute atomic E-state index is 12.9. The van der Waals surface area contributed by atoms with Crippen molar-refractivity contribution in [1.82, 2.24) is 24.1 Å². The fourth-order valence-electron chi connectivity index (χ4n) is 3.98. The number of aryl methyl sites for hydroxylation is 1. The summed E-state index contributed by atoms with van der Waals surface area (Å²) in [5.41, 5.74) is 2.30. The second kappa shape index (κ2) is 7.49. The maximum Gasteiger partial charge on any atom is 0.272 e. The van der Waals surface area contributed by atoms with Gasteiger partial charge in [0.1, 0.15) is 23.3 Å². The molecule has 0 bridgehead atoms. The molecule has 9 nitrogen and oxygen atoms in total. The molecule has 0 aromatic carbocycles. The largest absolute Gasteiger partial charge is 0.378 e. The van der Waals surface area contributed by atoms with Gasteiger partial charge in [-0.15, -0.1) is 0 Å². The van der Waals surface area contributed by atoms with Gasteiger partial charge in [-0.2, -0.15) is 5.10 Å². The zero-order valence-electron chi connectivity index (χ0n) is 16.4. The van der Waals surface area contributed by atoms with Crippen LogP contribution in [0.3, 0.4) is 0 Å². The normalized spacial score (nSPS) is 20.4. The predicted molar refractivity (Wildman–Crippen MR) is 106 cm³/mol. The smallest absolute Gasteiger partial charge is 0.272 e. The van der Waals surface area contributed by atoms with Gasteiger partial charge in [0.25, 0.3) is 5.91 Å². The van der Waals surface area contributed by atoms with Crippen LogP contribution in [-0.2, 0) is 16.5 Å². The topological polar surface area (TPSA) is 77.1 Å². The first kappa shape index (κ1) is 18.1. The van der Waals surface area contributed by atoms with Crippen LogP contribution < -0.4 is 4.90 Å². The Kier molecular flexibility index (Phi) is 4.69. The summed E-state index contributed by atoms with van der Waals surface area (Å²) < 4.78 is 15.2. The van der Waals surface area contributed by atoms with E-state index in [0.717, 1.165) is 43.5 Å². The van der Waals surface area contributed by atoms with Crippen LogP contribution in [0.25, 0.3) is 5.65 Å². The highest BCUT2D eigenvalue weighted by Crippen LogP contribution is 2.26. The Balaban J connectivity index is 1.40. The van der Waals surface area contributed by atoms with E-state index in [1.807, 2.05) is 23.2 Å². The monoisotopic (exact) mass is 396 g/mol. The summed E-state index contributed by atoms with van der Waals surface area (Å²) in [5.74, 6) is 1.07.